The van der Waals surface area contributed by atoms with Crippen molar-refractivity contribution >= 4 is 5.97 Å². The molecule has 2 rings (SSSR count). The first-order valence-electron chi connectivity index (χ1n) is 7.87. The van der Waals surface area contributed by atoms with Crippen LogP contribution in [0.1, 0.15) is 15.9 Å². The van der Waals surface area contributed by atoms with Gasteiger partial charge < -0.3 is 19.3 Å². The fourth-order valence-corrected chi connectivity index (χ4v) is 2.37. The smallest absolute Gasteiger partial charge is 0.342 e. The number of benzene rings is 2. The molecular formula is C19H21FO5. The number of methoxy groups -OCH3 is 1. The highest BCUT2D eigenvalue weighted by Crippen LogP contribution is 2.35. The minimum absolute atomic E-state index is 0.00822. The molecule has 0 heterocycles. The Morgan fingerprint density at radius 3 is 2.48 bits per heavy atom. The van der Waals surface area contributed by atoms with E-state index < -0.39 is 11.8 Å². The number of aryl methyl sites for hydroxylation is 1. The number of rotatable bonds is 8. The van der Waals surface area contributed by atoms with Crippen molar-refractivity contribution in [3.8, 4) is 16.9 Å². The van der Waals surface area contributed by atoms with Crippen LogP contribution < -0.4 is 0 Å². The molecule has 0 aliphatic rings. The number of hydrogen-bond donors (Lipinski definition) is 1. The Morgan fingerprint density at radius 2 is 1.80 bits per heavy atom. The number of phenolic OH excluding ortho intramolecular Hbond substituents is 1. The number of aromatic hydroxyl groups is 1. The summed E-state index contributed by atoms with van der Waals surface area (Å²) in [5, 5.41) is 10.2. The average Bonchev–Trinajstić information content (AvgIpc) is 2.61. The molecule has 6 heteroatoms. The van der Waals surface area contributed by atoms with Crippen LogP contribution in [0.5, 0.6) is 5.75 Å². The van der Waals surface area contributed by atoms with Crippen LogP contribution in [0.25, 0.3) is 11.1 Å². The van der Waals surface area contributed by atoms with Crippen molar-refractivity contribution < 1.29 is 28.5 Å². The van der Waals surface area contributed by atoms with Gasteiger partial charge in [-0.2, -0.15) is 0 Å². The second kappa shape index (κ2) is 9.15. The Bertz CT molecular complexity index is 715. The number of hydrogen-bond acceptors (Lipinski definition) is 5. The van der Waals surface area contributed by atoms with E-state index in [1.165, 1.54) is 13.0 Å². The van der Waals surface area contributed by atoms with Gasteiger partial charge in [-0.1, -0.05) is 30.3 Å². The second-order valence-electron chi connectivity index (χ2n) is 5.38. The van der Waals surface area contributed by atoms with Gasteiger partial charge in [-0.15, -0.1) is 0 Å². The minimum Gasteiger partial charge on any atom is -0.507 e. The van der Waals surface area contributed by atoms with Crippen LogP contribution in [-0.4, -0.2) is 44.6 Å². The third-order valence-electron chi connectivity index (χ3n) is 3.58. The molecule has 2 aromatic rings. The van der Waals surface area contributed by atoms with Gasteiger partial charge in [0, 0.05) is 12.7 Å². The van der Waals surface area contributed by atoms with Gasteiger partial charge in [-0.05, 0) is 24.1 Å². The van der Waals surface area contributed by atoms with Crippen molar-refractivity contribution in [2.75, 3.05) is 33.5 Å². The standard InChI is InChI=1S/C19H21FO5/c1-13-12-15(21)17(19(22)25-11-10-24-9-8-23-2)16(18(13)20)14-6-4-3-5-7-14/h3-7,12,21H,8-11H2,1-2H3. The molecule has 0 spiro atoms. The molecule has 0 saturated heterocycles. The third kappa shape index (κ3) is 4.78. The molecule has 0 saturated carbocycles. The first kappa shape index (κ1) is 18.9. The van der Waals surface area contributed by atoms with Crippen LogP contribution in [0.2, 0.25) is 0 Å². The van der Waals surface area contributed by atoms with Gasteiger partial charge in [-0.25, -0.2) is 9.18 Å². The Balaban J connectivity index is 2.22. The van der Waals surface area contributed by atoms with Crippen LogP contribution >= 0.6 is 0 Å². The molecule has 0 fully saturated rings. The zero-order valence-corrected chi connectivity index (χ0v) is 14.3. The van der Waals surface area contributed by atoms with Crippen molar-refractivity contribution in [1.29, 1.82) is 0 Å². The highest BCUT2D eigenvalue weighted by molar-refractivity contribution is 6.00. The number of carbonyl (C=O) groups is 1. The first-order chi connectivity index (χ1) is 12.1. The Labute approximate surface area is 146 Å². The van der Waals surface area contributed by atoms with Crippen LogP contribution in [0.15, 0.2) is 36.4 Å². The average molecular weight is 348 g/mol. The molecule has 0 bridgehead atoms. The van der Waals surface area contributed by atoms with E-state index in [9.17, 15) is 14.3 Å². The van der Waals surface area contributed by atoms with Gasteiger partial charge in [0.25, 0.3) is 0 Å². The highest BCUT2D eigenvalue weighted by atomic mass is 19.1. The molecule has 0 unspecified atom stereocenters. The lowest BCUT2D eigenvalue weighted by Crippen LogP contribution is -2.14. The fourth-order valence-electron chi connectivity index (χ4n) is 2.37. The maximum absolute atomic E-state index is 14.7. The Morgan fingerprint density at radius 1 is 1.12 bits per heavy atom. The lowest BCUT2D eigenvalue weighted by molar-refractivity contribution is 0.0212. The Hall–Kier alpha value is -2.44. The van der Waals surface area contributed by atoms with E-state index >= 15 is 0 Å². The zero-order valence-electron chi connectivity index (χ0n) is 14.3. The quantitative estimate of drug-likeness (QED) is 0.586. The first-order valence-corrected chi connectivity index (χ1v) is 7.87. The van der Waals surface area contributed by atoms with Gasteiger partial charge in [-0.3, -0.25) is 0 Å². The molecule has 25 heavy (non-hydrogen) atoms. The summed E-state index contributed by atoms with van der Waals surface area (Å²) < 4.78 is 29.8. The van der Waals surface area contributed by atoms with Crippen molar-refractivity contribution in [2.24, 2.45) is 0 Å². The molecule has 0 amide bonds. The van der Waals surface area contributed by atoms with Gasteiger partial charge in [0.05, 0.1) is 19.8 Å². The van der Waals surface area contributed by atoms with Crippen molar-refractivity contribution in [1.82, 2.24) is 0 Å². The monoisotopic (exact) mass is 348 g/mol. The van der Waals surface area contributed by atoms with Crippen molar-refractivity contribution in [3.63, 3.8) is 0 Å². The molecule has 0 aliphatic heterocycles. The SMILES string of the molecule is COCCOCCOC(=O)c1c(O)cc(C)c(F)c1-c1ccccc1. The summed E-state index contributed by atoms with van der Waals surface area (Å²) in [7, 11) is 1.56. The van der Waals surface area contributed by atoms with E-state index in [4.69, 9.17) is 14.2 Å². The molecule has 134 valence electrons. The number of phenols is 1. The summed E-state index contributed by atoms with van der Waals surface area (Å²) in [4.78, 5) is 12.4. The molecule has 0 radical (unpaired) electrons. The summed E-state index contributed by atoms with van der Waals surface area (Å²) in [6.07, 6.45) is 0. The number of ether oxygens (including phenoxy) is 3. The van der Waals surface area contributed by atoms with E-state index in [-0.39, 0.29) is 35.7 Å². The summed E-state index contributed by atoms with van der Waals surface area (Å²) >= 11 is 0. The van der Waals surface area contributed by atoms with E-state index in [0.717, 1.165) is 0 Å². The summed E-state index contributed by atoms with van der Waals surface area (Å²) in [5.41, 5.74) is 0.577. The Kier molecular flexibility index (Phi) is 6.91. The minimum atomic E-state index is -0.800. The lowest BCUT2D eigenvalue weighted by Gasteiger charge is -2.14. The van der Waals surface area contributed by atoms with E-state index in [1.54, 1.807) is 37.4 Å². The summed E-state index contributed by atoms with van der Waals surface area (Å²) in [6.45, 7) is 2.53. The third-order valence-corrected chi connectivity index (χ3v) is 3.58. The maximum atomic E-state index is 14.7. The van der Waals surface area contributed by atoms with Crippen molar-refractivity contribution in [3.05, 3.63) is 53.3 Å². The molecule has 0 aromatic heterocycles. The number of carbonyl (C=O) groups excluding carboxylic acids is 1. The topological polar surface area (TPSA) is 65.0 Å². The zero-order chi connectivity index (χ0) is 18.2. The van der Waals surface area contributed by atoms with E-state index in [2.05, 4.69) is 0 Å². The molecule has 2 aromatic carbocycles. The van der Waals surface area contributed by atoms with Gasteiger partial charge in [0.2, 0.25) is 0 Å². The normalized spacial score (nSPS) is 10.7. The summed E-state index contributed by atoms with van der Waals surface area (Å²) in [6, 6.07) is 9.80. The molecular weight excluding hydrogens is 327 g/mol. The maximum Gasteiger partial charge on any atom is 0.342 e. The van der Waals surface area contributed by atoms with Gasteiger partial charge in [0.1, 0.15) is 23.7 Å². The van der Waals surface area contributed by atoms with Crippen LogP contribution in [0, 0.1) is 12.7 Å². The van der Waals surface area contributed by atoms with Crippen LogP contribution in [-0.2, 0) is 14.2 Å². The fraction of sp³-hybridized carbons (Fsp3) is 0.316. The second-order valence-corrected chi connectivity index (χ2v) is 5.38. The molecule has 0 atom stereocenters. The molecule has 5 nitrogen and oxygen atoms in total. The van der Waals surface area contributed by atoms with Crippen LogP contribution in [0.3, 0.4) is 0 Å². The van der Waals surface area contributed by atoms with Gasteiger partial charge >= 0.3 is 5.97 Å². The van der Waals surface area contributed by atoms with Crippen molar-refractivity contribution in [2.45, 2.75) is 6.92 Å². The number of esters is 1. The van der Waals surface area contributed by atoms with Crippen LogP contribution in [0.4, 0.5) is 4.39 Å². The largest absolute Gasteiger partial charge is 0.507 e. The molecule has 1 N–H and O–H groups in total. The van der Waals surface area contributed by atoms with E-state index in [0.29, 0.717) is 18.8 Å². The summed E-state index contributed by atoms with van der Waals surface area (Å²) in [5.74, 6) is -1.68. The van der Waals surface area contributed by atoms with Gasteiger partial charge in [0.15, 0.2) is 0 Å². The predicted octanol–water partition coefficient (Wildman–Crippen LogP) is 3.33. The molecule has 0 aliphatic carbocycles. The number of halogens is 1. The predicted molar refractivity (Wildman–Crippen MR) is 91.2 cm³/mol. The highest BCUT2D eigenvalue weighted by Gasteiger charge is 2.24. The lowest BCUT2D eigenvalue weighted by atomic mass is 9.95. The van der Waals surface area contributed by atoms with E-state index in [1.807, 2.05) is 0 Å².